The molecule has 23 heavy (non-hydrogen) atoms. The normalized spacial score (nSPS) is 10.3. The Kier molecular flexibility index (Phi) is 6.25. The van der Waals surface area contributed by atoms with E-state index in [1.54, 1.807) is 23.9 Å². The molecule has 2 rings (SSSR count). The van der Waals surface area contributed by atoms with Crippen molar-refractivity contribution in [2.45, 2.75) is 31.3 Å². The van der Waals surface area contributed by atoms with Gasteiger partial charge in [0.1, 0.15) is 0 Å². The van der Waals surface area contributed by atoms with Crippen LogP contribution in [0.2, 0.25) is 0 Å². The highest BCUT2D eigenvalue weighted by molar-refractivity contribution is 8.00. The van der Waals surface area contributed by atoms with Crippen molar-refractivity contribution in [1.29, 1.82) is 5.26 Å². The Hall–Kier alpha value is -2.25. The average molecular weight is 324 g/mol. The van der Waals surface area contributed by atoms with Gasteiger partial charge in [0.15, 0.2) is 0 Å². The van der Waals surface area contributed by atoms with Gasteiger partial charge in [-0.15, -0.1) is 11.8 Å². The fraction of sp³-hybridized carbons (Fsp3) is 0.263. The highest BCUT2D eigenvalue weighted by atomic mass is 32.2. The van der Waals surface area contributed by atoms with Crippen LogP contribution in [0.25, 0.3) is 0 Å². The summed E-state index contributed by atoms with van der Waals surface area (Å²) in [7, 11) is 0. The Balaban J connectivity index is 1.99. The van der Waals surface area contributed by atoms with Crippen LogP contribution in [0.15, 0.2) is 59.5 Å². The highest BCUT2D eigenvalue weighted by Crippen LogP contribution is 2.19. The third kappa shape index (κ3) is 5.15. The summed E-state index contributed by atoms with van der Waals surface area (Å²) in [6.45, 7) is 4.61. The molecule has 4 heteroatoms. The molecule has 2 aromatic rings. The molecular weight excluding hydrogens is 304 g/mol. The molecule has 3 nitrogen and oxygen atoms in total. The lowest BCUT2D eigenvalue weighted by Crippen LogP contribution is -2.37. The van der Waals surface area contributed by atoms with Crippen LogP contribution in [0.1, 0.15) is 25.0 Å². The number of rotatable bonds is 6. The molecule has 0 aliphatic heterocycles. The minimum atomic E-state index is 0.123. The fourth-order valence-corrected chi connectivity index (χ4v) is 2.99. The minimum Gasteiger partial charge on any atom is -0.335 e. The fourth-order valence-electron chi connectivity index (χ4n) is 2.18. The summed E-state index contributed by atoms with van der Waals surface area (Å²) >= 11 is 1.56. The van der Waals surface area contributed by atoms with Crippen molar-refractivity contribution in [2.75, 3.05) is 5.75 Å². The molecule has 0 fully saturated rings. The molecule has 0 spiro atoms. The van der Waals surface area contributed by atoms with E-state index >= 15 is 0 Å². The van der Waals surface area contributed by atoms with Crippen molar-refractivity contribution in [3.05, 3.63) is 65.7 Å². The summed E-state index contributed by atoms with van der Waals surface area (Å²) in [5, 5.41) is 8.85. The molecule has 0 saturated heterocycles. The number of carbonyl (C=O) groups is 1. The first-order chi connectivity index (χ1) is 11.1. The zero-order chi connectivity index (χ0) is 16.7. The van der Waals surface area contributed by atoms with Gasteiger partial charge >= 0.3 is 0 Å². The number of amides is 1. The SMILES string of the molecule is CC(C)N(Cc1ccc(C#N)cc1)C(=O)CSc1ccccc1. The molecule has 0 atom stereocenters. The molecule has 118 valence electrons. The minimum absolute atomic E-state index is 0.123. The van der Waals surface area contributed by atoms with Crippen LogP contribution >= 0.6 is 11.8 Å². The Morgan fingerprint density at radius 1 is 1.13 bits per heavy atom. The molecular formula is C19H20N2OS. The van der Waals surface area contributed by atoms with Gasteiger partial charge in [-0.1, -0.05) is 30.3 Å². The topological polar surface area (TPSA) is 44.1 Å². The predicted octanol–water partition coefficient (Wildman–Crippen LogP) is 4.09. The van der Waals surface area contributed by atoms with Gasteiger partial charge in [-0.05, 0) is 43.7 Å². The van der Waals surface area contributed by atoms with Gasteiger partial charge in [-0.3, -0.25) is 4.79 Å². The lowest BCUT2D eigenvalue weighted by atomic mass is 10.1. The van der Waals surface area contributed by atoms with Crippen LogP contribution in [-0.4, -0.2) is 22.6 Å². The number of nitrogens with zero attached hydrogens (tertiary/aromatic N) is 2. The highest BCUT2D eigenvalue weighted by Gasteiger charge is 2.17. The van der Waals surface area contributed by atoms with E-state index in [1.165, 1.54) is 0 Å². The first-order valence-corrected chi connectivity index (χ1v) is 8.55. The van der Waals surface area contributed by atoms with E-state index in [9.17, 15) is 4.79 Å². The smallest absolute Gasteiger partial charge is 0.233 e. The van der Waals surface area contributed by atoms with E-state index in [2.05, 4.69) is 6.07 Å². The van der Waals surface area contributed by atoms with Crippen molar-refractivity contribution in [3.8, 4) is 6.07 Å². The van der Waals surface area contributed by atoms with E-state index < -0.39 is 0 Å². The van der Waals surface area contributed by atoms with Crippen LogP contribution in [0.4, 0.5) is 0 Å². The van der Waals surface area contributed by atoms with Crippen molar-refractivity contribution < 1.29 is 4.79 Å². The van der Waals surface area contributed by atoms with Gasteiger partial charge in [-0.2, -0.15) is 5.26 Å². The van der Waals surface area contributed by atoms with Gasteiger partial charge in [0.2, 0.25) is 5.91 Å². The quantitative estimate of drug-likeness (QED) is 0.752. The van der Waals surface area contributed by atoms with Crippen molar-refractivity contribution in [2.24, 2.45) is 0 Å². The van der Waals surface area contributed by atoms with Crippen molar-refractivity contribution in [3.63, 3.8) is 0 Å². The number of benzene rings is 2. The van der Waals surface area contributed by atoms with Gasteiger partial charge in [-0.25, -0.2) is 0 Å². The van der Waals surface area contributed by atoms with Crippen LogP contribution in [0.5, 0.6) is 0 Å². The number of carbonyl (C=O) groups excluding carboxylic acids is 1. The summed E-state index contributed by atoms with van der Waals surface area (Å²) < 4.78 is 0. The molecule has 0 heterocycles. The zero-order valence-electron chi connectivity index (χ0n) is 13.4. The first kappa shape index (κ1) is 17.1. The third-order valence-electron chi connectivity index (χ3n) is 3.49. The van der Waals surface area contributed by atoms with E-state index in [0.717, 1.165) is 10.5 Å². The molecule has 0 aromatic heterocycles. The summed E-state index contributed by atoms with van der Waals surface area (Å²) in [5.41, 5.74) is 1.67. The molecule has 0 radical (unpaired) electrons. The Morgan fingerprint density at radius 3 is 2.35 bits per heavy atom. The zero-order valence-corrected chi connectivity index (χ0v) is 14.2. The van der Waals surface area contributed by atoms with Crippen molar-refractivity contribution >= 4 is 17.7 Å². The number of hydrogen-bond donors (Lipinski definition) is 0. The monoisotopic (exact) mass is 324 g/mol. The number of nitriles is 1. The number of thioether (sulfide) groups is 1. The Bertz CT molecular complexity index is 675. The molecule has 0 saturated carbocycles. The molecule has 0 N–H and O–H groups in total. The number of hydrogen-bond acceptors (Lipinski definition) is 3. The van der Waals surface area contributed by atoms with Crippen molar-refractivity contribution in [1.82, 2.24) is 4.90 Å². The van der Waals surface area contributed by atoms with E-state index in [-0.39, 0.29) is 11.9 Å². The lowest BCUT2D eigenvalue weighted by molar-refractivity contribution is -0.130. The van der Waals surface area contributed by atoms with Crippen LogP contribution in [0, 0.1) is 11.3 Å². The summed E-state index contributed by atoms with van der Waals surface area (Å²) in [5.74, 6) is 0.552. The van der Waals surface area contributed by atoms with Crippen LogP contribution < -0.4 is 0 Å². The van der Waals surface area contributed by atoms with Gasteiger partial charge in [0.25, 0.3) is 0 Å². The molecule has 0 aliphatic rings. The average Bonchev–Trinajstić information content (AvgIpc) is 2.58. The van der Waals surface area contributed by atoms with Crippen LogP contribution in [0.3, 0.4) is 0 Å². The second-order valence-electron chi connectivity index (χ2n) is 5.53. The van der Waals surface area contributed by atoms with Crippen LogP contribution in [-0.2, 0) is 11.3 Å². The summed E-state index contributed by atoms with van der Waals surface area (Å²) in [6, 6.07) is 19.6. The largest absolute Gasteiger partial charge is 0.335 e. The maximum atomic E-state index is 12.5. The maximum Gasteiger partial charge on any atom is 0.233 e. The first-order valence-electron chi connectivity index (χ1n) is 7.56. The predicted molar refractivity (Wildman–Crippen MR) is 94.0 cm³/mol. The Morgan fingerprint density at radius 2 is 1.78 bits per heavy atom. The second kappa shape index (κ2) is 8.40. The molecule has 2 aromatic carbocycles. The standard InChI is InChI=1S/C19H20N2OS/c1-15(2)21(13-17-10-8-16(12-20)9-11-17)19(22)14-23-18-6-4-3-5-7-18/h3-11,15H,13-14H2,1-2H3. The van der Waals surface area contributed by atoms with Gasteiger partial charge in [0.05, 0.1) is 17.4 Å². The Labute approximate surface area is 141 Å². The van der Waals surface area contributed by atoms with Gasteiger partial charge < -0.3 is 4.90 Å². The van der Waals surface area contributed by atoms with E-state index in [4.69, 9.17) is 5.26 Å². The molecule has 0 unspecified atom stereocenters. The van der Waals surface area contributed by atoms with Gasteiger partial charge in [0, 0.05) is 17.5 Å². The summed E-state index contributed by atoms with van der Waals surface area (Å²) in [6.07, 6.45) is 0. The molecule has 0 bridgehead atoms. The lowest BCUT2D eigenvalue weighted by Gasteiger charge is -2.27. The molecule has 1 amide bonds. The van der Waals surface area contributed by atoms with E-state index in [0.29, 0.717) is 17.9 Å². The maximum absolute atomic E-state index is 12.5. The molecule has 0 aliphatic carbocycles. The second-order valence-corrected chi connectivity index (χ2v) is 6.57. The van der Waals surface area contributed by atoms with E-state index in [1.807, 2.05) is 61.2 Å². The summed E-state index contributed by atoms with van der Waals surface area (Å²) in [4.78, 5) is 15.5. The third-order valence-corrected chi connectivity index (χ3v) is 4.48.